The third kappa shape index (κ3) is 9.61. The topological polar surface area (TPSA) is 42.3 Å². The molecular weight excluding hydrogens is 1230 g/mol. The van der Waals surface area contributed by atoms with E-state index in [0.29, 0.717) is 11.5 Å². The third-order valence-corrected chi connectivity index (χ3v) is 18.2. The van der Waals surface area contributed by atoms with Crippen molar-refractivity contribution in [3.63, 3.8) is 0 Å². The number of nitrogens with one attached hydrogen (secondary N) is 1. The molecule has 9 aromatic carbocycles. The van der Waals surface area contributed by atoms with E-state index in [1.54, 1.807) is 0 Å². The minimum absolute atomic E-state index is 0. The number of benzene rings is 9. The van der Waals surface area contributed by atoms with E-state index in [9.17, 15) is 0 Å². The van der Waals surface area contributed by atoms with Crippen molar-refractivity contribution in [1.82, 2.24) is 9.55 Å². The predicted octanol–water partition coefficient (Wildman–Crippen LogP) is 21.1. The molecule has 13 rings (SSSR count). The number of ether oxygens (including phenoxy) is 1. The first-order valence-corrected chi connectivity index (χ1v) is 30.1. The van der Waals surface area contributed by atoms with Crippen molar-refractivity contribution in [3.8, 4) is 39.6 Å². The first-order chi connectivity index (χ1) is 40.3. The van der Waals surface area contributed by atoms with Gasteiger partial charge in [-0.3, -0.25) is 7.05 Å². The summed E-state index contributed by atoms with van der Waals surface area (Å²) in [5.74, 6) is 2.00. The molecular formula is C80H77N4OPt-3. The molecule has 5 nitrogen and oxygen atoms in total. The second-order valence-electron chi connectivity index (χ2n) is 28.4. The molecule has 0 bridgehead atoms. The monoisotopic (exact) mass is 1300 g/mol. The number of para-hydroxylation sites is 2. The maximum Gasteiger partial charge on any atom is 0.135 e. The van der Waals surface area contributed by atoms with Crippen molar-refractivity contribution in [3.05, 3.63) is 269 Å². The van der Waals surface area contributed by atoms with E-state index in [0.717, 1.165) is 56.3 Å². The summed E-state index contributed by atoms with van der Waals surface area (Å²) in [6, 6.07) is 76.5. The molecule has 436 valence electrons. The predicted molar refractivity (Wildman–Crippen MR) is 356 cm³/mol. The van der Waals surface area contributed by atoms with Crippen LogP contribution in [0.4, 0.5) is 22.7 Å². The number of fused-ring (bicyclic) bond motifs is 6. The fraction of sp³-hybridized carbons (Fsp3) is 0.250. The van der Waals surface area contributed by atoms with Gasteiger partial charge in [-0.25, -0.2) is 4.98 Å². The summed E-state index contributed by atoms with van der Waals surface area (Å²) in [6.07, 6.45) is 1.94. The van der Waals surface area contributed by atoms with Gasteiger partial charge >= 0.3 is 0 Å². The van der Waals surface area contributed by atoms with Crippen LogP contribution in [0.3, 0.4) is 0 Å². The van der Waals surface area contributed by atoms with E-state index in [4.69, 9.17) is 16.8 Å². The van der Waals surface area contributed by atoms with Crippen LogP contribution in [0.2, 0.25) is 0 Å². The van der Waals surface area contributed by atoms with E-state index in [-0.39, 0.29) is 48.1 Å². The van der Waals surface area contributed by atoms with Crippen molar-refractivity contribution in [2.75, 3.05) is 10.2 Å². The van der Waals surface area contributed by atoms with Crippen LogP contribution in [0, 0.1) is 19.2 Å². The molecule has 2 aromatic heterocycles. The Balaban J connectivity index is 0.00000724. The maximum absolute atomic E-state index is 7.18. The average Bonchev–Trinajstić information content (AvgIpc) is 1.46. The molecule has 86 heavy (non-hydrogen) atoms. The quantitative estimate of drug-likeness (QED) is 0.146. The molecule has 0 unspecified atom stereocenters. The molecule has 2 aliphatic carbocycles. The Kier molecular flexibility index (Phi) is 14.2. The number of aromatic nitrogens is 2. The summed E-state index contributed by atoms with van der Waals surface area (Å²) < 4.78 is 9.49. The molecule has 1 N–H and O–H groups in total. The van der Waals surface area contributed by atoms with E-state index in [1.165, 1.54) is 72.0 Å². The van der Waals surface area contributed by atoms with Gasteiger partial charge in [-0.15, -0.1) is 35.9 Å². The van der Waals surface area contributed by atoms with Gasteiger partial charge in [-0.2, -0.15) is 6.07 Å². The van der Waals surface area contributed by atoms with Crippen molar-refractivity contribution in [1.29, 1.82) is 0 Å². The van der Waals surface area contributed by atoms with Crippen molar-refractivity contribution >= 4 is 44.6 Å². The Labute approximate surface area is 524 Å². The minimum atomic E-state index is -0.632. The Morgan fingerprint density at radius 3 is 1.66 bits per heavy atom. The van der Waals surface area contributed by atoms with Gasteiger partial charge in [0.2, 0.25) is 0 Å². The maximum atomic E-state index is 7.18. The van der Waals surface area contributed by atoms with E-state index in [2.05, 4.69) is 294 Å². The largest absolute Gasteiger partial charge is 0.509 e. The summed E-state index contributed by atoms with van der Waals surface area (Å²) in [5.41, 5.74) is 21.6. The van der Waals surface area contributed by atoms with Crippen LogP contribution in [-0.4, -0.2) is 9.55 Å². The summed E-state index contributed by atoms with van der Waals surface area (Å²) in [6.45, 7) is 32.3. The molecule has 1 spiro atoms. The summed E-state index contributed by atoms with van der Waals surface area (Å²) >= 11 is 0. The van der Waals surface area contributed by atoms with E-state index < -0.39 is 5.41 Å². The third-order valence-electron chi connectivity index (χ3n) is 18.2. The molecule has 0 saturated carbocycles. The standard InChI is InChI=1S/C80H77N4O.Pt/c1-75(2,3)52-39-40-81-71(46-52)84-69-38-26-35-65-72(69)73-66(80(65)63-33-21-19-31-61(63)79(13,14)62-32-20-22-34-64(62)80)48-58(49-70(73)84)85-57-30-25-29-56(47-57)82-67-36-23-24-37-68(67)83(15)74-59(50-27-17-16-18-28-50)44-55(78(10,11)12)45-60(74)51-41-53(76(4,5)6)43-54(42-51)77(7,8)9;/h16-46,48,82H,15H2,1-14H3;/q-3;. The Bertz CT molecular complexity index is 4380. The minimum Gasteiger partial charge on any atom is -0.509 e. The number of anilines is 4. The summed E-state index contributed by atoms with van der Waals surface area (Å²) in [7, 11) is 4.98. The zero-order chi connectivity index (χ0) is 59.8. The number of rotatable bonds is 9. The van der Waals surface area contributed by atoms with Crippen LogP contribution in [0.5, 0.6) is 11.5 Å². The van der Waals surface area contributed by atoms with Crippen LogP contribution in [-0.2, 0) is 53.6 Å². The van der Waals surface area contributed by atoms with E-state index >= 15 is 0 Å². The van der Waals surface area contributed by atoms with Gasteiger partial charge < -0.3 is 19.5 Å². The van der Waals surface area contributed by atoms with E-state index in [1.807, 2.05) is 24.4 Å². The molecule has 11 aromatic rings. The van der Waals surface area contributed by atoms with Gasteiger partial charge in [0.1, 0.15) is 5.82 Å². The molecule has 0 fully saturated rings. The molecule has 0 atom stereocenters. The number of nitrogens with zero attached hydrogens (tertiary/aromatic N) is 3. The SMILES string of the molecule is [CH2-]N(c1ccccc1Nc1[c-]c(Oc2[c-]c3c4c(c2)C2(c5ccccc5C(C)(C)c5ccccc52)c2cccc(c24)n3-c2cc(C(C)(C)C)ccn2)ccc1)c1c(-c2ccccc2)cc(C(C)(C)C)cc1-c1cc(C(C)(C)C)cc(C(C)(C)C)c1.[Pt]. The zero-order valence-corrected chi connectivity index (χ0v) is 54.5. The van der Waals surface area contributed by atoms with Crippen molar-refractivity contribution in [2.24, 2.45) is 0 Å². The first kappa shape index (κ1) is 58.4. The van der Waals surface area contributed by atoms with Gasteiger partial charge in [0.05, 0.1) is 5.69 Å². The summed E-state index contributed by atoms with van der Waals surface area (Å²) in [5, 5.41) is 6.21. The van der Waals surface area contributed by atoms with Crippen LogP contribution >= 0.6 is 0 Å². The van der Waals surface area contributed by atoms with Crippen molar-refractivity contribution in [2.45, 2.75) is 129 Å². The Morgan fingerprint density at radius 2 is 1.03 bits per heavy atom. The Hall–Kier alpha value is -7.98. The fourth-order valence-electron chi connectivity index (χ4n) is 13.6. The zero-order valence-electron chi connectivity index (χ0n) is 52.2. The number of hydrogen-bond donors (Lipinski definition) is 1. The van der Waals surface area contributed by atoms with Gasteiger partial charge in [-0.05, 0) is 131 Å². The number of hydrogen-bond acceptors (Lipinski definition) is 4. The molecule has 6 heteroatoms. The van der Waals surface area contributed by atoms with Crippen LogP contribution < -0.4 is 15.0 Å². The second-order valence-corrected chi connectivity index (χ2v) is 28.4. The Morgan fingerprint density at radius 1 is 0.488 bits per heavy atom. The molecule has 2 aliphatic rings. The van der Waals surface area contributed by atoms with Gasteiger partial charge in [0.15, 0.2) is 0 Å². The van der Waals surface area contributed by atoms with Crippen LogP contribution in [0.1, 0.15) is 153 Å². The molecule has 0 radical (unpaired) electrons. The first-order valence-electron chi connectivity index (χ1n) is 30.1. The molecule has 0 saturated heterocycles. The summed E-state index contributed by atoms with van der Waals surface area (Å²) in [4.78, 5) is 7.24. The molecule has 0 amide bonds. The molecule has 0 aliphatic heterocycles. The van der Waals surface area contributed by atoms with Crippen molar-refractivity contribution < 1.29 is 25.8 Å². The average molecular weight is 1310 g/mol. The van der Waals surface area contributed by atoms with Gasteiger partial charge in [0, 0.05) is 77.6 Å². The second kappa shape index (κ2) is 20.9. The van der Waals surface area contributed by atoms with Crippen LogP contribution in [0.25, 0.3) is 49.9 Å². The van der Waals surface area contributed by atoms with Gasteiger partial charge in [0.25, 0.3) is 0 Å². The van der Waals surface area contributed by atoms with Crippen LogP contribution in [0.15, 0.2) is 194 Å². The smallest absolute Gasteiger partial charge is 0.135 e. The molecule has 2 heterocycles. The van der Waals surface area contributed by atoms with Gasteiger partial charge in [-0.1, -0.05) is 235 Å². The normalized spacial score (nSPS) is 14.1. The fourth-order valence-corrected chi connectivity index (χ4v) is 13.6. The number of pyridine rings is 1.